The first-order chi connectivity index (χ1) is 10.7. The van der Waals surface area contributed by atoms with Crippen molar-refractivity contribution in [1.29, 1.82) is 0 Å². The van der Waals surface area contributed by atoms with E-state index >= 15 is 0 Å². The van der Waals surface area contributed by atoms with Crippen LogP contribution in [0.25, 0.3) is 0 Å². The highest BCUT2D eigenvalue weighted by molar-refractivity contribution is 5.78. The molecule has 1 N–H and O–H groups in total. The summed E-state index contributed by atoms with van der Waals surface area (Å²) in [5.41, 5.74) is 1.13. The van der Waals surface area contributed by atoms with Crippen LogP contribution in [0, 0.1) is 11.8 Å². The van der Waals surface area contributed by atoms with Gasteiger partial charge in [-0.15, -0.1) is 0 Å². The van der Waals surface area contributed by atoms with Crippen molar-refractivity contribution >= 4 is 5.91 Å². The third-order valence-corrected chi connectivity index (χ3v) is 4.68. The first-order valence-electron chi connectivity index (χ1n) is 8.14. The van der Waals surface area contributed by atoms with E-state index in [1.807, 2.05) is 18.2 Å². The molecule has 0 aliphatic heterocycles. The lowest BCUT2D eigenvalue weighted by Gasteiger charge is -2.18. The van der Waals surface area contributed by atoms with Crippen molar-refractivity contribution in [3.63, 3.8) is 0 Å². The molecule has 1 aliphatic carbocycles. The summed E-state index contributed by atoms with van der Waals surface area (Å²) < 4.78 is 10.5. The third-order valence-electron chi connectivity index (χ3n) is 4.68. The van der Waals surface area contributed by atoms with Crippen LogP contribution in [0.15, 0.2) is 18.2 Å². The SMILES string of the molecule is COc1ccc(CCNC(=O)C(C)C2CCCC2)cc1OC. The molecule has 0 radical (unpaired) electrons. The first-order valence-corrected chi connectivity index (χ1v) is 8.14. The molecule has 0 spiro atoms. The number of rotatable bonds is 7. The van der Waals surface area contributed by atoms with E-state index in [1.54, 1.807) is 14.2 Å². The molecule has 0 bridgehead atoms. The van der Waals surface area contributed by atoms with Gasteiger partial charge in [-0.2, -0.15) is 0 Å². The molecule has 1 fully saturated rings. The van der Waals surface area contributed by atoms with E-state index in [9.17, 15) is 4.79 Å². The van der Waals surface area contributed by atoms with Gasteiger partial charge >= 0.3 is 0 Å². The maximum Gasteiger partial charge on any atom is 0.223 e. The first kappa shape index (κ1) is 16.7. The number of hydrogen-bond donors (Lipinski definition) is 1. The van der Waals surface area contributed by atoms with Gasteiger partial charge in [0.25, 0.3) is 0 Å². The molecule has 1 atom stereocenters. The number of ether oxygens (including phenoxy) is 2. The Balaban J connectivity index is 1.81. The van der Waals surface area contributed by atoms with Crippen LogP contribution in [0.3, 0.4) is 0 Å². The average Bonchev–Trinajstić information content (AvgIpc) is 3.08. The topological polar surface area (TPSA) is 47.6 Å². The van der Waals surface area contributed by atoms with E-state index in [2.05, 4.69) is 12.2 Å². The molecule has 4 nitrogen and oxygen atoms in total. The van der Waals surface area contributed by atoms with Crippen LogP contribution in [0.2, 0.25) is 0 Å². The zero-order valence-electron chi connectivity index (χ0n) is 13.9. The highest BCUT2D eigenvalue weighted by Gasteiger charge is 2.26. The van der Waals surface area contributed by atoms with Gasteiger partial charge in [0.1, 0.15) is 0 Å². The highest BCUT2D eigenvalue weighted by Crippen LogP contribution is 2.31. The summed E-state index contributed by atoms with van der Waals surface area (Å²) in [5, 5.41) is 3.06. The van der Waals surface area contributed by atoms with E-state index in [1.165, 1.54) is 25.7 Å². The molecule has 1 aromatic carbocycles. The smallest absolute Gasteiger partial charge is 0.223 e. The molecule has 22 heavy (non-hydrogen) atoms. The van der Waals surface area contributed by atoms with Crippen LogP contribution in [0.4, 0.5) is 0 Å². The van der Waals surface area contributed by atoms with Gasteiger partial charge in [-0.3, -0.25) is 4.79 Å². The molecule has 1 aromatic rings. The molecule has 2 rings (SSSR count). The molecule has 0 heterocycles. The minimum Gasteiger partial charge on any atom is -0.493 e. The van der Waals surface area contributed by atoms with E-state index in [0.29, 0.717) is 12.5 Å². The Hall–Kier alpha value is -1.71. The molecular formula is C18H27NO3. The Morgan fingerprint density at radius 1 is 1.23 bits per heavy atom. The van der Waals surface area contributed by atoms with Crippen molar-refractivity contribution in [3.05, 3.63) is 23.8 Å². The summed E-state index contributed by atoms with van der Waals surface area (Å²) in [6.07, 6.45) is 5.74. The number of hydrogen-bond acceptors (Lipinski definition) is 3. The molecule has 1 aliphatic rings. The second-order valence-electron chi connectivity index (χ2n) is 6.06. The number of nitrogens with one attached hydrogen (secondary N) is 1. The van der Waals surface area contributed by atoms with Crippen molar-refractivity contribution in [1.82, 2.24) is 5.32 Å². The van der Waals surface area contributed by atoms with Gasteiger partial charge in [-0.25, -0.2) is 0 Å². The summed E-state index contributed by atoms with van der Waals surface area (Å²) in [6, 6.07) is 5.87. The Morgan fingerprint density at radius 2 is 1.91 bits per heavy atom. The standard InChI is InChI=1S/C18H27NO3/c1-13(15-6-4-5-7-15)18(20)19-11-10-14-8-9-16(21-2)17(12-14)22-3/h8-9,12-13,15H,4-7,10-11H2,1-3H3,(H,19,20). The van der Waals surface area contributed by atoms with Crippen LogP contribution in [0.5, 0.6) is 11.5 Å². The highest BCUT2D eigenvalue weighted by atomic mass is 16.5. The summed E-state index contributed by atoms with van der Waals surface area (Å²) in [5.74, 6) is 2.34. The minimum absolute atomic E-state index is 0.132. The third kappa shape index (κ3) is 4.15. The van der Waals surface area contributed by atoms with Gasteiger partial charge in [0, 0.05) is 12.5 Å². The summed E-state index contributed by atoms with van der Waals surface area (Å²) in [7, 11) is 3.26. The lowest BCUT2D eigenvalue weighted by molar-refractivity contribution is -0.125. The summed E-state index contributed by atoms with van der Waals surface area (Å²) in [6.45, 7) is 2.72. The van der Waals surface area contributed by atoms with Crippen LogP contribution < -0.4 is 14.8 Å². The van der Waals surface area contributed by atoms with Crippen LogP contribution >= 0.6 is 0 Å². The second-order valence-corrected chi connectivity index (χ2v) is 6.06. The van der Waals surface area contributed by atoms with E-state index < -0.39 is 0 Å². The van der Waals surface area contributed by atoms with Gasteiger partial charge in [0.15, 0.2) is 11.5 Å². The molecular weight excluding hydrogens is 278 g/mol. The predicted molar refractivity (Wildman–Crippen MR) is 87.4 cm³/mol. The van der Waals surface area contributed by atoms with Crippen molar-refractivity contribution in [2.75, 3.05) is 20.8 Å². The summed E-state index contributed by atoms with van der Waals surface area (Å²) in [4.78, 5) is 12.2. The zero-order valence-corrected chi connectivity index (χ0v) is 13.9. The van der Waals surface area contributed by atoms with E-state index in [-0.39, 0.29) is 11.8 Å². The minimum atomic E-state index is 0.132. The fraction of sp³-hybridized carbons (Fsp3) is 0.611. The number of carbonyl (C=O) groups excluding carboxylic acids is 1. The molecule has 0 aromatic heterocycles. The number of carbonyl (C=O) groups is 1. The van der Waals surface area contributed by atoms with E-state index in [4.69, 9.17) is 9.47 Å². The largest absolute Gasteiger partial charge is 0.493 e. The molecule has 0 saturated heterocycles. The Labute approximate surface area is 133 Å². The fourth-order valence-electron chi connectivity index (χ4n) is 3.20. The van der Waals surface area contributed by atoms with Gasteiger partial charge < -0.3 is 14.8 Å². The van der Waals surface area contributed by atoms with E-state index in [0.717, 1.165) is 23.5 Å². The number of benzene rings is 1. The van der Waals surface area contributed by atoms with Crippen molar-refractivity contribution in [3.8, 4) is 11.5 Å². The second kappa shape index (κ2) is 8.06. The Bertz CT molecular complexity index is 495. The predicted octanol–water partition coefficient (Wildman–Crippen LogP) is 3.19. The van der Waals surface area contributed by atoms with Gasteiger partial charge in [0.05, 0.1) is 14.2 Å². The molecule has 4 heteroatoms. The molecule has 1 unspecified atom stereocenters. The molecule has 1 saturated carbocycles. The monoisotopic (exact) mass is 305 g/mol. The lowest BCUT2D eigenvalue weighted by atomic mass is 9.92. The number of methoxy groups -OCH3 is 2. The molecule has 1 amide bonds. The quantitative estimate of drug-likeness (QED) is 0.841. The maximum atomic E-state index is 12.2. The van der Waals surface area contributed by atoms with Crippen molar-refractivity contribution < 1.29 is 14.3 Å². The fourth-order valence-corrected chi connectivity index (χ4v) is 3.20. The van der Waals surface area contributed by atoms with Crippen LogP contribution in [0.1, 0.15) is 38.2 Å². The maximum absolute atomic E-state index is 12.2. The van der Waals surface area contributed by atoms with Crippen LogP contribution in [-0.2, 0) is 11.2 Å². The Morgan fingerprint density at radius 3 is 2.55 bits per heavy atom. The van der Waals surface area contributed by atoms with Gasteiger partial charge in [-0.05, 0) is 42.9 Å². The lowest BCUT2D eigenvalue weighted by Crippen LogP contribution is -2.33. The molecule has 122 valence electrons. The van der Waals surface area contributed by atoms with Crippen molar-refractivity contribution in [2.45, 2.75) is 39.0 Å². The number of amides is 1. The van der Waals surface area contributed by atoms with Gasteiger partial charge in [0.2, 0.25) is 5.91 Å². The van der Waals surface area contributed by atoms with Crippen LogP contribution in [-0.4, -0.2) is 26.7 Å². The summed E-state index contributed by atoms with van der Waals surface area (Å²) >= 11 is 0. The average molecular weight is 305 g/mol. The van der Waals surface area contributed by atoms with Gasteiger partial charge in [-0.1, -0.05) is 25.8 Å². The normalized spacial score (nSPS) is 16.3. The van der Waals surface area contributed by atoms with Crippen molar-refractivity contribution in [2.24, 2.45) is 11.8 Å². The zero-order chi connectivity index (χ0) is 15.9. The Kier molecular flexibility index (Phi) is 6.10.